The van der Waals surface area contributed by atoms with Crippen LogP contribution >= 0.6 is 0 Å². The number of aryl methyl sites for hydroxylation is 1. The Morgan fingerprint density at radius 2 is 1.79 bits per heavy atom. The van der Waals surface area contributed by atoms with Crippen LogP contribution in [-0.2, 0) is 11.8 Å². The summed E-state index contributed by atoms with van der Waals surface area (Å²) in [6, 6.07) is 9.56. The lowest BCUT2D eigenvalue weighted by molar-refractivity contribution is -0.126. The van der Waals surface area contributed by atoms with E-state index in [-0.39, 0.29) is 23.6 Å². The lowest BCUT2D eigenvalue weighted by Crippen LogP contribution is -2.64. The Kier molecular flexibility index (Phi) is 5.51. The number of carbonyl (C=O) groups is 1. The highest BCUT2D eigenvalue weighted by Crippen LogP contribution is 2.62. The molecule has 1 saturated carbocycles. The summed E-state index contributed by atoms with van der Waals surface area (Å²) >= 11 is 0. The van der Waals surface area contributed by atoms with Crippen LogP contribution in [-0.4, -0.2) is 47.6 Å². The van der Waals surface area contributed by atoms with Crippen molar-refractivity contribution < 1.29 is 14.3 Å². The topological polar surface area (TPSA) is 121 Å². The van der Waals surface area contributed by atoms with Crippen molar-refractivity contribution in [3.63, 3.8) is 0 Å². The average molecular weight is 514 g/mol. The van der Waals surface area contributed by atoms with Crippen LogP contribution in [0, 0.1) is 5.41 Å². The summed E-state index contributed by atoms with van der Waals surface area (Å²) < 4.78 is 13.7. The molecule has 1 atom stereocenters. The number of anilines is 1. The van der Waals surface area contributed by atoms with Crippen molar-refractivity contribution in [2.45, 2.75) is 51.7 Å². The molecule has 0 bridgehead atoms. The number of amides is 1. The summed E-state index contributed by atoms with van der Waals surface area (Å²) in [6.45, 7) is 6.35. The highest BCUT2D eigenvalue weighted by atomic mass is 16.6. The second kappa shape index (κ2) is 8.68. The third-order valence-corrected chi connectivity index (χ3v) is 7.55. The summed E-state index contributed by atoms with van der Waals surface area (Å²) in [5, 5.41) is 0.774. The molecule has 2 fully saturated rings. The number of nitrogens with two attached hydrogens (primary N) is 1. The van der Waals surface area contributed by atoms with Gasteiger partial charge in [-0.3, -0.25) is 4.90 Å². The molecule has 1 amide bonds. The van der Waals surface area contributed by atoms with E-state index in [1.54, 1.807) is 18.5 Å². The number of benzene rings is 1. The van der Waals surface area contributed by atoms with Crippen molar-refractivity contribution in [3.8, 4) is 22.9 Å². The van der Waals surface area contributed by atoms with Gasteiger partial charge in [-0.1, -0.05) is 18.6 Å². The van der Waals surface area contributed by atoms with E-state index in [4.69, 9.17) is 15.2 Å². The molecular formula is C28H31N7O3. The molecule has 10 nitrogen and oxygen atoms in total. The van der Waals surface area contributed by atoms with Crippen LogP contribution in [0.2, 0.25) is 0 Å². The van der Waals surface area contributed by atoms with Crippen molar-refractivity contribution in [2.75, 3.05) is 12.3 Å². The molecule has 1 spiro atoms. The van der Waals surface area contributed by atoms with Gasteiger partial charge in [-0.05, 0) is 57.4 Å². The van der Waals surface area contributed by atoms with Gasteiger partial charge in [0.15, 0.2) is 0 Å². The summed E-state index contributed by atoms with van der Waals surface area (Å²) in [5.41, 5.74) is 9.45. The van der Waals surface area contributed by atoms with Crippen LogP contribution < -0.4 is 10.5 Å². The van der Waals surface area contributed by atoms with Crippen molar-refractivity contribution in [1.82, 2.24) is 29.4 Å². The fraction of sp³-hybridized carbons (Fsp3) is 0.393. The Morgan fingerprint density at radius 3 is 2.42 bits per heavy atom. The van der Waals surface area contributed by atoms with E-state index in [0.717, 1.165) is 47.1 Å². The third kappa shape index (κ3) is 3.91. The van der Waals surface area contributed by atoms with Gasteiger partial charge in [-0.25, -0.2) is 24.7 Å². The van der Waals surface area contributed by atoms with E-state index in [2.05, 4.69) is 24.5 Å². The molecule has 0 radical (unpaired) electrons. The summed E-state index contributed by atoms with van der Waals surface area (Å²) in [7, 11) is 1.98. The zero-order valence-electron chi connectivity index (χ0n) is 22.0. The Balaban J connectivity index is 1.47. The van der Waals surface area contributed by atoms with Gasteiger partial charge in [-0.15, -0.1) is 0 Å². The average Bonchev–Trinajstić information content (AvgIpc) is 3.11. The van der Waals surface area contributed by atoms with Gasteiger partial charge in [0, 0.05) is 37.0 Å². The van der Waals surface area contributed by atoms with Crippen molar-refractivity contribution >= 4 is 22.9 Å². The summed E-state index contributed by atoms with van der Waals surface area (Å²) in [4.78, 5) is 32.3. The molecule has 4 aromatic rings. The van der Waals surface area contributed by atoms with Gasteiger partial charge in [0.25, 0.3) is 0 Å². The van der Waals surface area contributed by atoms with E-state index in [1.807, 2.05) is 57.0 Å². The number of ether oxygens (including phenoxy) is 2. The highest BCUT2D eigenvalue weighted by Gasteiger charge is 2.60. The van der Waals surface area contributed by atoms with Crippen LogP contribution in [0.4, 0.5) is 10.6 Å². The quantitative estimate of drug-likeness (QED) is 0.392. The molecule has 4 heterocycles. The molecule has 1 saturated heterocycles. The highest BCUT2D eigenvalue weighted by molar-refractivity contribution is 6.03. The first-order valence-electron chi connectivity index (χ1n) is 12.8. The Bertz CT molecular complexity index is 1510. The van der Waals surface area contributed by atoms with Gasteiger partial charge >= 0.3 is 12.1 Å². The Morgan fingerprint density at radius 1 is 1.08 bits per heavy atom. The van der Waals surface area contributed by atoms with E-state index >= 15 is 0 Å². The van der Waals surface area contributed by atoms with Crippen LogP contribution in [0.15, 0.2) is 49.1 Å². The first-order valence-corrected chi connectivity index (χ1v) is 12.8. The van der Waals surface area contributed by atoms with Gasteiger partial charge in [-0.2, -0.15) is 0 Å². The maximum atomic E-state index is 13.3. The fourth-order valence-electron chi connectivity index (χ4n) is 5.76. The molecule has 1 aromatic carbocycles. The number of carbonyl (C=O) groups excluding carboxylic acids is 1. The monoisotopic (exact) mass is 513 g/mol. The number of hydrogen-bond acceptors (Lipinski definition) is 8. The summed E-state index contributed by atoms with van der Waals surface area (Å²) in [5.74, 6) is 1.01. The number of aromatic nitrogens is 5. The standard InChI is InChI=1S/C28H31N7O3/c1-27(2,3)38-26(36)35-15-28(11-5-12-28)22(35)21-19(20-23(29)32-16-33-24(20)34(21)4)17-7-9-18(10-8-17)37-25-30-13-6-14-31-25/h6-10,13-14,16,22H,5,11-12,15H2,1-4H3,(H2,29,32,33). The molecule has 1 aliphatic carbocycles. The van der Waals surface area contributed by atoms with Crippen LogP contribution in [0.5, 0.6) is 11.8 Å². The SMILES string of the molecule is Cn1c(C2N(C(=O)OC(C)(C)C)CC23CCC3)c(-c2ccc(Oc3ncccn3)cc2)c2c(N)ncnc21. The maximum absolute atomic E-state index is 13.3. The molecule has 3 aromatic heterocycles. The van der Waals surface area contributed by atoms with Crippen LogP contribution in [0.3, 0.4) is 0 Å². The Labute approximate surface area is 220 Å². The maximum Gasteiger partial charge on any atom is 0.410 e. The van der Waals surface area contributed by atoms with E-state index in [9.17, 15) is 4.79 Å². The Hall–Kier alpha value is -4.21. The predicted octanol–water partition coefficient (Wildman–Crippen LogP) is 5.26. The number of hydrogen-bond donors (Lipinski definition) is 1. The third-order valence-electron chi connectivity index (χ3n) is 7.55. The minimum Gasteiger partial charge on any atom is -0.444 e. The second-order valence-electron chi connectivity index (χ2n) is 11.2. The second-order valence-corrected chi connectivity index (χ2v) is 11.2. The fourth-order valence-corrected chi connectivity index (χ4v) is 5.76. The molecule has 6 rings (SSSR count). The predicted molar refractivity (Wildman–Crippen MR) is 142 cm³/mol. The molecule has 1 aliphatic heterocycles. The van der Waals surface area contributed by atoms with Crippen molar-refractivity contribution in [1.29, 1.82) is 0 Å². The van der Waals surface area contributed by atoms with Crippen molar-refractivity contribution in [2.24, 2.45) is 12.5 Å². The number of likely N-dealkylation sites (tertiary alicyclic amines) is 1. The van der Waals surface area contributed by atoms with Gasteiger partial charge in [0.1, 0.15) is 29.1 Å². The van der Waals surface area contributed by atoms with Gasteiger partial charge in [0.2, 0.25) is 0 Å². The van der Waals surface area contributed by atoms with Crippen molar-refractivity contribution in [3.05, 3.63) is 54.7 Å². The first kappa shape index (κ1) is 24.1. The molecule has 196 valence electrons. The zero-order valence-corrected chi connectivity index (χ0v) is 22.0. The van der Waals surface area contributed by atoms with Crippen LogP contribution in [0.1, 0.15) is 51.8 Å². The minimum atomic E-state index is -0.583. The molecule has 2 N–H and O–H groups in total. The van der Waals surface area contributed by atoms with E-state index in [0.29, 0.717) is 18.1 Å². The number of nitrogens with zero attached hydrogens (tertiary/aromatic N) is 6. The lowest BCUT2D eigenvalue weighted by atomic mass is 9.57. The zero-order chi connectivity index (χ0) is 26.7. The molecule has 10 heteroatoms. The smallest absolute Gasteiger partial charge is 0.410 e. The van der Waals surface area contributed by atoms with E-state index in [1.165, 1.54) is 6.33 Å². The van der Waals surface area contributed by atoms with Gasteiger partial charge < -0.3 is 19.8 Å². The molecular weight excluding hydrogens is 482 g/mol. The first-order chi connectivity index (χ1) is 18.2. The number of nitrogen functional groups attached to an aromatic ring is 1. The number of fused-ring (bicyclic) bond motifs is 1. The van der Waals surface area contributed by atoms with Gasteiger partial charge in [0.05, 0.1) is 17.1 Å². The lowest BCUT2D eigenvalue weighted by Gasteiger charge is -2.62. The molecule has 1 unspecified atom stereocenters. The molecule has 2 aliphatic rings. The largest absolute Gasteiger partial charge is 0.444 e. The normalized spacial score (nSPS) is 18.2. The minimum absolute atomic E-state index is 0.0175. The molecule has 38 heavy (non-hydrogen) atoms. The summed E-state index contributed by atoms with van der Waals surface area (Å²) in [6.07, 6.45) is 7.70. The van der Waals surface area contributed by atoms with Crippen LogP contribution in [0.25, 0.3) is 22.2 Å². The number of rotatable bonds is 4. The van der Waals surface area contributed by atoms with E-state index < -0.39 is 5.60 Å².